The number of aromatic nitrogens is 4. The highest BCUT2D eigenvalue weighted by molar-refractivity contribution is 9.10. The first-order valence-electron chi connectivity index (χ1n) is 32.0. The number of nitrogens with two attached hydrogens (primary N) is 2. The van der Waals surface area contributed by atoms with Gasteiger partial charge in [0.05, 0.1) is 47.4 Å². The molecule has 2 aliphatic rings. The molecule has 0 fully saturated rings. The molecular formula is C81H81BrClN9O7. The van der Waals surface area contributed by atoms with E-state index in [1.54, 1.807) is 23.7 Å². The number of fused-ring (bicyclic) bond motifs is 6. The summed E-state index contributed by atoms with van der Waals surface area (Å²) in [4.78, 5) is 67.1. The standard InChI is InChI=1S/C22H22N2O2.C21H21N3O2.C11H13NO2.C10H8ClN.C10H9NO.C7H8BrN/c1-14-8-10-19-15(12-14)9-11-20(23-19)24-13-17-16(21(25)26-4)6-5-7-18(17)22(24,2)3;1-13-7-9-18-14(11-13)8-10-19(22-18)24-12-16-15(20(25)23-26)5-4-6-17(16)21(24,2)3;1-8-3-5-10(12)9(7-8)4-6-11(13)14-2;1-7-2-4-9-8(6-7)3-5-10(11)12-9;1-7-2-4-9-8(6-7)3-5-10(12)11-9;1-5-2-3-7(9)6(8)4-5/h5-12H,13H2,1-4H3;4-11,26H,12H2,1-3H3,(H,23,25);3-7H,12H2,1-2H3;2-6H,1H3;2-6H,1H3,(H,11,12);2-4H,9H2,1H3/b;;6-4+;;;. The van der Waals surface area contributed by atoms with Crippen molar-refractivity contribution in [3.8, 4) is 0 Å². The van der Waals surface area contributed by atoms with Crippen LogP contribution in [-0.2, 0) is 38.4 Å². The third kappa shape index (κ3) is 17.5. The summed E-state index contributed by atoms with van der Waals surface area (Å²) < 4.78 is 10.4. The average Bonchev–Trinajstić information content (AvgIpc) is 1.61. The number of nitrogens with zero attached hydrogens (tertiary/aromatic N) is 5. The molecule has 0 atom stereocenters. The number of aryl methyl sites for hydroxylation is 6. The Morgan fingerprint density at radius 1 is 0.545 bits per heavy atom. The molecule has 14 rings (SSSR count). The first-order chi connectivity index (χ1) is 47.2. The Morgan fingerprint density at radius 2 is 0.990 bits per heavy atom. The first kappa shape index (κ1) is 72.5. The predicted molar refractivity (Wildman–Crippen MR) is 406 cm³/mol. The van der Waals surface area contributed by atoms with Crippen LogP contribution < -0.4 is 32.3 Å². The van der Waals surface area contributed by atoms with Gasteiger partial charge >= 0.3 is 11.9 Å². The number of rotatable bonds is 6. The Hall–Kier alpha value is -10.7. The fourth-order valence-corrected chi connectivity index (χ4v) is 12.6. The van der Waals surface area contributed by atoms with Crippen molar-refractivity contribution in [1.82, 2.24) is 25.4 Å². The molecule has 0 unspecified atom stereocenters. The third-order valence-corrected chi connectivity index (χ3v) is 18.2. The van der Waals surface area contributed by atoms with Crippen molar-refractivity contribution in [3.63, 3.8) is 0 Å². The SMILES string of the molecule is COC(=O)/C=C/c1cc(C)ccc1N.COC(=O)c1cccc2c1CN(c1ccc3cc(C)ccc3n1)C2(C)C.Cc1ccc(N)c(Br)c1.Cc1ccc2[nH]c(=O)ccc2c1.Cc1ccc2nc(Cl)ccc2c1.Cc1ccc2nc(N3Cc4c(C(=O)NO)cccc4C3(C)C)ccc2c1. The molecule has 1 amide bonds. The molecule has 18 heteroatoms. The van der Waals surface area contributed by atoms with E-state index in [0.29, 0.717) is 35.1 Å². The van der Waals surface area contributed by atoms with E-state index in [1.807, 2.05) is 142 Å². The second kappa shape index (κ2) is 31.6. The van der Waals surface area contributed by atoms with Gasteiger partial charge in [-0.15, -0.1) is 0 Å². The number of hydrogen-bond acceptors (Lipinski definition) is 14. The van der Waals surface area contributed by atoms with Crippen molar-refractivity contribution >= 4 is 118 Å². The van der Waals surface area contributed by atoms with Crippen LogP contribution in [-0.4, -0.2) is 57.2 Å². The monoisotopic (exact) mass is 1410 g/mol. The number of esters is 2. The van der Waals surface area contributed by atoms with Gasteiger partial charge in [0.2, 0.25) is 5.56 Å². The lowest BCUT2D eigenvalue weighted by molar-refractivity contribution is -0.134. The normalized spacial score (nSPS) is 12.8. The fraction of sp³-hybridized carbons (Fsp3) is 0.198. The molecule has 8 aromatic carbocycles. The van der Waals surface area contributed by atoms with Crippen LogP contribution in [0.1, 0.15) is 110 Å². The number of nitrogen functional groups attached to an aromatic ring is 2. The van der Waals surface area contributed by atoms with Crippen molar-refractivity contribution in [3.05, 3.63) is 293 Å². The highest BCUT2D eigenvalue weighted by atomic mass is 79.9. The van der Waals surface area contributed by atoms with E-state index >= 15 is 0 Å². The number of amides is 1. The Kier molecular flexibility index (Phi) is 23.2. The highest BCUT2D eigenvalue weighted by Crippen LogP contribution is 2.45. The minimum absolute atomic E-state index is 0.0497. The number of hydroxylamine groups is 1. The van der Waals surface area contributed by atoms with Crippen LogP contribution in [0.2, 0.25) is 5.15 Å². The van der Waals surface area contributed by atoms with Gasteiger partial charge in [-0.25, -0.2) is 30.0 Å². The zero-order chi connectivity index (χ0) is 71.5. The van der Waals surface area contributed by atoms with Crippen LogP contribution in [0.25, 0.3) is 49.7 Å². The van der Waals surface area contributed by atoms with Crippen LogP contribution in [0.3, 0.4) is 0 Å². The van der Waals surface area contributed by atoms with Gasteiger partial charge in [0.1, 0.15) is 16.8 Å². The van der Waals surface area contributed by atoms with Crippen LogP contribution in [0.4, 0.5) is 23.0 Å². The van der Waals surface area contributed by atoms with Gasteiger partial charge in [-0.2, -0.15) is 0 Å². The van der Waals surface area contributed by atoms with E-state index in [2.05, 4.69) is 150 Å². The molecule has 0 radical (unpaired) electrons. The predicted octanol–water partition coefficient (Wildman–Crippen LogP) is 17.6. The van der Waals surface area contributed by atoms with E-state index < -0.39 is 5.91 Å². The molecule has 2 aliphatic heterocycles. The zero-order valence-corrected chi connectivity index (χ0v) is 59.9. The summed E-state index contributed by atoms with van der Waals surface area (Å²) in [7, 11) is 2.76. The molecule has 6 heterocycles. The molecular weight excluding hydrogens is 1330 g/mol. The number of nitrogens with one attached hydrogen (secondary N) is 2. The largest absolute Gasteiger partial charge is 0.466 e. The number of halogens is 2. The first-order valence-corrected chi connectivity index (χ1v) is 33.2. The van der Waals surface area contributed by atoms with Crippen molar-refractivity contribution in [2.24, 2.45) is 0 Å². The number of hydrogen-bond donors (Lipinski definition) is 5. The minimum Gasteiger partial charge on any atom is -0.466 e. The Balaban J connectivity index is 0.000000145. The number of pyridine rings is 4. The van der Waals surface area contributed by atoms with Gasteiger partial charge in [0.25, 0.3) is 5.91 Å². The van der Waals surface area contributed by atoms with Crippen molar-refractivity contribution in [1.29, 1.82) is 0 Å². The summed E-state index contributed by atoms with van der Waals surface area (Å²) in [5.41, 5.74) is 30.9. The average molecular weight is 1410 g/mol. The van der Waals surface area contributed by atoms with Crippen LogP contribution >= 0.6 is 27.5 Å². The lowest BCUT2D eigenvalue weighted by Crippen LogP contribution is -2.35. The minimum atomic E-state index is -0.485. The van der Waals surface area contributed by atoms with E-state index in [1.165, 1.54) is 48.1 Å². The second-order valence-corrected chi connectivity index (χ2v) is 26.6. The van der Waals surface area contributed by atoms with Gasteiger partial charge in [0.15, 0.2) is 0 Å². The number of carbonyl (C=O) groups excluding carboxylic acids is 3. The number of carbonyl (C=O) groups is 3. The van der Waals surface area contributed by atoms with Crippen LogP contribution in [0.15, 0.2) is 209 Å². The summed E-state index contributed by atoms with van der Waals surface area (Å²) in [6.07, 6.45) is 3.00. The number of ether oxygens (including phenoxy) is 2. The molecule has 99 heavy (non-hydrogen) atoms. The number of anilines is 4. The van der Waals surface area contributed by atoms with Gasteiger partial charge in [-0.1, -0.05) is 100 Å². The maximum Gasteiger partial charge on any atom is 0.338 e. The van der Waals surface area contributed by atoms with Crippen molar-refractivity contribution in [2.45, 2.75) is 93.4 Å². The summed E-state index contributed by atoms with van der Waals surface area (Å²) >= 11 is 9.07. The molecule has 7 N–H and O–H groups in total. The molecule has 0 bridgehead atoms. The molecule has 4 aromatic heterocycles. The third-order valence-electron chi connectivity index (χ3n) is 17.3. The zero-order valence-electron chi connectivity index (χ0n) is 57.6. The van der Waals surface area contributed by atoms with Gasteiger partial charge in [-0.05, 0) is 257 Å². The van der Waals surface area contributed by atoms with Crippen LogP contribution in [0, 0.1) is 41.5 Å². The second-order valence-electron chi connectivity index (χ2n) is 25.4. The smallest absolute Gasteiger partial charge is 0.338 e. The maximum atomic E-state index is 12.2. The van der Waals surface area contributed by atoms with E-state index in [9.17, 15) is 19.2 Å². The number of methoxy groups -OCH3 is 2. The molecule has 0 spiro atoms. The molecule has 16 nitrogen and oxygen atoms in total. The van der Waals surface area contributed by atoms with E-state index in [0.717, 1.165) is 98.8 Å². The topological polar surface area (TPSA) is 232 Å². The number of benzene rings is 8. The summed E-state index contributed by atoms with van der Waals surface area (Å²) in [5.74, 6) is 0.630. The van der Waals surface area contributed by atoms with Crippen molar-refractivity contribution in [2.75, 3.05) is 35.5 Å². The van der Waals surface area contributed by atoms with E-state index in [-0.39, 0.29) is 28.6 Å². The molecule has 506 valence electrons. The Bertz CT molecular complexity index is 4880. The lowest BCUT2D eigenvalue weighted by atomic mass is 9.91. The Morgan fingerprint density at radius 3 is 1.49 bits per heavy atom. The molecule has 0 aliphatic carbocycles. The molecule has 0 saturated carbocycles. The highest BCUT2D eigenvalue weighted by Gasteiger charge is 2.41. The number of H-pyrrole nitrogens is 1. The van der Waals surface area contributed by atoms with Gasteiger partial charge in [-0.3, -0.25) is 14.8 Å². The Labute approximate surface area is 590 Å². The summed E-state index contributed by atoms with van der Waals surface area (Å²) in [6, 6.07) is 63.0. The quantitative estimate of drug-likeness (QED) is 0.0260. The summed E-state index contributed by atoms with van der Waals surface area (Å²) in [5, 5.41) is 14.1. The lowest BCUT2D eigenvalue weighted by Gasteiger charge is -2.33. The molecule has 0 saturated heterocycles. The number of aromatic amines is 1. The maximum absolute atomic E-state index is 12.2. The van der Waals surface area contributed by atoms with Crippen molar-refractivity contribution < 1.29 is 29.1 Å². The van der Waals surface area contributed by atoms with E-state index in [4.69, 9.17) is 43.0 Å². The summed E-state index contributed by atoms with van der Waals surface area (Å²) in [6.45, 7) is 22.0. The van der Waals surface area contributed by atoms with Gasteiger partial charge in [0, 0.05) is 68.3 Å². The fourth-order valence-electron chi connectivity index (χ4n) is 11.9. The van der Waals surface area contributed by atoms with Crippen LogP contribution in [0.5, 0.6) is 0 Å². The molecule has 12 aromatic rings. The van der Waals surface area contributed by atoms with Gasteiger partial charge < -0.3 is 35.7 Å².